The molecule has 1 atom stereocenters. The van der Waals surface area contributed by atoms with Crippen LogP contribution in [0.3, 0.4) is 0 Å². The maximum atomic E-state index is 11.8. The number of allylic oxidation sites excluding steroid dienone is 2. The highest BCUT2D eigenvalue weighted by atomic mass is 16.1. The van der Waals surface area contributed by atoms with Crippen LogP contribution >= 0.6 is 0 Å². The average molecular weight is 219 g/mol. The largest absolute Gasteiger partial charge is 0.371 e. The third-order valence-corrected chi connectivity index (χ3v) is 4.48. The van der Waals surface area contributed by atoms with E-state index in [4.69, 9.17) is 0 Å². The average Bonchev–Trinajstić information content (AvgIpc) is 2.77. The molecule has 3 aliphatic rings. The lowest BCUT2D eigenvalue weighted by Gasteiger charge is -2.37. The van der Waals surface area contributed by atoms with E-state index in [0.717, 1.165) is 6.42 Å². The van der Waals surface area contributed by atoms with Gasteiger partial charge in [-0.3, -0.25) is 4.79 Å². The van der Waals surface area contributed by atoms with Gasteiger partial charge in [0, 0.05) is 30.8 Å². The zero-order chi connectivity index (χ0) is 11.0. The van der Waals surface area contributed by atoms with Crippen molar-refractivity contribution in [1.82, 2.24) is 4.90 Å². The van der Waals surface area contributed by atoms with Gasteiger partial charge in [-0.05, 0) is 31.6 Å². The van der Waals surface area contributed by atoms with Gasteiger partial charge in [-0.15, -0.1) is 0 Å². The minimum absolute atomic E-state index is 0.378. The van der Waals surface area contributed by atoms with Gasteiger partial charge in [0.2, 0.25) is 0 Å². The van der Waals surface area contributed by atoms with Crippen molar-refractivity contribution >= 4 is 5.78 Å². The summed E-state index contributed by atoms with van der Waals surface area (Å²) in [6.45, 7) is 1.19. The molecule has 0 N–H and O–H groups in total. The van der Waals surface area contributed by atoms with Crippen molar-refractivity contribution in [1.29, 1.82) is 0 Å². The zero-order valence-corrected chi connectivity index (χ0v) is 9.95. The third kappa shape index (κ3) is 1.79. The smallest absolute Gasteiger partial charge is 0.159 e. The normalized spacial score (nSPS) is 31.5. The van der Waals surface area contributed by atoms with Crippen LogP contribution in [-0.4, -0.2) is 23.3 Å². The molecule has 88 valence electrons. The number of hydrogen-bond acceptors (Lipinski definition) is 2. The molecule has 0 amide bonds. The Bertz CT molecular complexity index is 315. The third-order valence-electron chi connectivity index (χ3n) is 4.48. The number of rotatable bonds is 1. The Balaban J connectivity index is 1.82. The lowest BCUT2D eigenvalue weighted by Crippen LogP contribution is -2.37. The van der Waals surface area contributed by atoms with Crippen LogP contribution in [0.5, 0.6) is 0 Å². The van der Waals surface area contributed by atoms with E-state index < -0.39 is 0 Å². The van der Waals surface area contributed by atoms with E-state index in [1.165, 1.54) is 57.2 Å². The first-order chi connectivity index (χ1) is 7.84. The Hall–Kier alpha value is -0.790. The summed E-state index contributed by atoms with van der Waals surface area (Å²) in [6, 6.07) is 0.550. The highest BCUT2D eigenvalue weighted by Crippen LogP contribution is 2.38. The van der Waals surface area contributed by atoms with Crippen LogP contribution in [0.4, 0.5) is 0 Å². The molecule has 2 fully saturated rings. The second kappa shape index (κ2) is 4.23. The summed E-state index contributed by atoms with van der Waals surface area (Å²) in [5.74, 6) is 1.07. The molecule has 1 saturated heterocycles. The van der Waals surface area contributed by atoms with Crippen LogP contribution in [0.1, 0.15) is 51.4 Å². The number of fused-ring (bicyclic) bond motifs is 1. The summed E-state index contributed by atoms with van der Waals surface area (Å²) in [4.78, 5) is 14.3. The van der Waals surface area contributed by atoms with Crippen molar-refractivity contribution in [2.75, 3.05) is 6.54 Å². The molecular formula is C14H21NO. The van der Waals surface area contributed by atoms with Crippen molar-refractivity contribution in [3.63, 3.8) is 0 Å². The molecular weight excluding hydrogens is 198 g/mol. The molecule has 0 radical (unpaired) electrons. The predicted molar refractivity (Wildman–Crippen MR) is 64.0 cm³/mol. The molecule has 0 bridgehead atoms. The highest BCUT2D eigenvalue weighted by Gasteiger charge is 2.35. The van der Waals surface area contributed by atoms with Gasteiger partial charge in [0.25, 0.3) is 0 Å². The lowest BCUT2D eigenvalue weighted by molar-refractivity contribution is -0.116. The summed E-state index contributed by atoms with van der Waals surface area (Å²) in [5, 5.41) is 0. The maximum Gasteiger partial charge on any atom is 0.159 e. The summed E-state index contributed by atoms with van der Waals surface area (Å²) in [7, 11) is 0. The molecule has 3 rings (SSSR count). The highest BCUT2D eigenvalue weighted by molar-refractivity contribution is 5.91. The number of carbonyl (C=O) groups is 1. The minimum Gasteiger partial charge on any atom is -0.371 e. The summed E-state index contributed by atoms with van der Waals surface area (Å²) < 4.78 is 0. The summed E-state index contributed by atoms with van der Waals surface area (Å²) in [5.41, 5.74) is 1.40. The number of carbonyl (C=O) groups excluding carboxylic acids is 1. The van der Waals surface area contributed by atoms with Gasteiger partial charge < -0.3 is 4.90 Å². The van der Waals surface area contributed by atoms with Crippen molar-refractivity contribution in [3.8, 4) is 0 Å². The van der Waals surface area contributed by atoms with Gasteiger partial charge in [-0.1, -0.05) is 19.3 Å². The van der Waals surface area contributed by atoms with Crippen LogP contribution in [0.2, 0.25) is 0 Å². The van der Waals surface area contributed by atoms with Crippen molar-refractivity contribution < 1.29 is 4.79 Å². The Morgan fingerprint density at radius 1 is 1.06 bits per heavy atom. The minimum atomic E-state index is 0.378. The van der Waals surface area contributed by atoms with Crippen molar-refractivity contribution in [2.24, 2.45) is 5.92 Å². The molecule has 0 spiro atoms. The Morgan fingerprint density at radius 3 is 2.69 bits per heavy atom. The van der Waals surface area contributed by atoms with Crippen molar-refractivity contribution in [2.45, 2.75) is 57.4 Å². The molecule has 2 heterocycles. The van der Waals surface area contributed by atoms with Gasteiger partial charge in [0.15, 0.2) is 5.78 Å². The van der Waals surface area contributed by atoms with Gasteiger partial charge >= 0.3 is 0 Å². The summed E-state index contributed by atoms with van der Waals surface area (Å²) >= 11 is 0. The molecule has 2 heteroatoms. The van der Waals surface area contributed by atoms with E-state index in [1.54, 1.807) is 0 Å². The first-order valence-electron chi connectivity index (χ1n) is 6.85. The molecule has 0 aromatic rings. The molecule has 2 nitrogen and oxygen atoms in total. The number of nitrogens with zero attached hydrogens (tertiary/aromatic N) is 1. The molecule has 16 heavy (non-hydrogen) atoms. The standard InChI is InChI=1S/C14H21NO/c16-13-9-12-7-4-8-15(12)14(10-13)11-5-2-1-3-6-11/h10-12H,1-9H2/t12-/m1/s1. The van der Waals surface area contributed by atoms with Crippen LogP contribution in [0.15, 0.2) is 11.8 Å². The van der Waals surface area contributed by atoms with Crippen LogP contribution in [0, 0.1) is 5.92 Å². The van der Waals surface area contributed by atoms with Gasteiger partial charge in [0.05, 0.1) is 0 Å². The number of hydrogen-bond donors (Lipinski definition) is 0. The first kappa shape index (κ1) is 10.4. The van der Waals surface area contributed by atoms with Crippen LogP contribution < -0.4 is 0 Å². The van der Waals surface area contributed by atoms with E-state index in [-0.39, 0.29) is 0 Å². The Labute approximate surface area is 97.7 Å². The topological polar surface area (TPSA) is 20.3 Å². The molecule has 1 aliphatic carbocycles. The molecule has 2 aliphatic heterocycles. The number of ketones is 1. The van der Waals surface area contributed by atoms with E-state index in [9.17, 15) is 4.79 Å². The zero-order valence-electron chi connectivity index (χ0n) is 9.95. The van der Waals surface area contributed by atoms with E-state index >= 15 is 0 Å². The fourth-order valence-electron chi connectivity index (χ4n) is 3.68. The molecule has 0 aromatic heterocycles. The van der Waals surface area contributed by atoms with E-state index in [2.05, 4.69) is 4.90 Å². The van der Waals surface area contributed by atoms with Crippen LogP contribution in [-0.2, 0) is 4.79 Å². The molecule has 1 saturated carbocycles. The SMILES string of the molecule is O=C1C=C(C2CCCCC2)N2CCC[C@@H]2C1. The van der Waals surface area contributed by atoms with Crippen LogP contribution in [0.25, 0.3) is 0 Å². The van der Waals surface area contributed by atoms with E-state index in [0.29, 0.717) is 17.7 Å². The first-order valence-corrected chi connectivity index (χ1v) is 6.85. The Kier molecular flexibility index (Phi) is 2.74. The fourth-order valence-corrected chi connectivity index (χ4v) is 3.68. The van der Waals surface area contributed by atoms with Crippen molar-refractivity contribution in [3.05, 3.63) is 11.8 Å². The molecule has 0 unspecified atom stereocenters. The van der Waals surface area contributed by atoms with E-state index in [1.807, 2.05) is 6.08 Å². The Morgan fingerprint density at radius 2 is 1.88 bits per heavy atom. The fraction of sp³-hybridized carbons (Fsp3) is 0.786. The predicted octanol–water partition coefficient (Wildman–Crippen LogP) is 2.89. The van der Waals surface area contributed by atoms with Gasteiger partial charge in [0.1, 0.15) is 0 Å². The second-order valence-electron chi connectivity index (χ2n) is 5.56. The quantitative estimate of drug-likeness (QED) is 0.676. The summed E-state index contributed by atoms with van der Waals surface area (Å²) in [6.07, 6.45) is 12.0. The van der Waals surface area contributed by atoms with Gasteiger partial charge in [-0.25, -0.2) is 0 Å². The van der Waals surface area contributed by atoms with Gasteiger partial charge in [-0.2, -0.15) is 0 Å². The maximum absolute atomic E-state index is 11.8. The second-order valence-corrected chi connectivity index (χ2v) is 5.56. The lowest BCUT2D eigenvalue weighted by atomic mass is 9.84. The molecule has 0 aromatic carbocycles. The monoisotopic (exact) mass is 219 g/mol.